The number of aliphatic hydroxyl groups excluding tert-OH is 1. The van der Waals surface area contributed by atoms with Crippen molar-refractivity contribution in [1.29, 1.82) is 0 Å². The first kappa shape index (κ1) is 14.5. The maximum atomic E-state index is 13.6. The lowest BCUT2D eigenvalue weighted by Crippen LogP contribution is -2.25. The van der Waals surface area contributed by atoms with Gasteiger partial charge in [0.25, 0.3) is 0 Å². The first-order valence-corrected chi connectivity index (χ1v) is 4.84. The Morgan fingerprint density at radius 1 is 1.53 bits per heavy atom. The smallest absolute Gasteiger partial charge is 0.210 e. The van der Waals surface area contributed by atoms with E-state index in [0.717, 1.165) is 0 Å². The van der Waals surface area contributed by atoms with E-state index < -0.39 is 12.1 Å². The average molecular weight is 221 g/mol. The van der Waals surface area contributed by atoms with Gasteiger partial charge < -0.3 is 14.6 Å². The number of nitrogens with two attached hydrogens (primary N) is 1. The Hall–Kier alpha value is -0.490. The minimum atomic E-state index is -1.39. The van der Waals surface area contributed by atoms with Crippen LogP contribution in [-0.2, 0) is 9.47 Å². The van der Waals surface area contributed by atoms with E-state index in [2.05, 4.69) is 11.3 Å². The molecular formula is C10H20FNO3. The molecule has 0 aliphatic heterocycles. The Balaban J connectivity index is 3.43. The van der Waals surface area contributed by atoms with E-state index >= 15 is 0 Å². The largest absolute Gasteiger partial charge is 0.379 e. The number of halogens is 1. The van der Waals surface area contributed by atoms with E-state index in [1.807, 2.05) is 0 Å². The van der Waals surface area contributed by atoms with Crippen LogP contribution in [0, 0.1) is 0 Å². The second-order valence-corrected chi connectivity index (χ2v) is 3.60. The van der Waals surface area contributed by atoms with Crippen molar-refractivity contribution in [2.75, 3.05) is 19.8 Å². The molecule has 90 valence electrons. The van der Waals surface area contributed by atoms with Crippen LogP contribution in [0.2, 0.25) is 0 Å². The highest BCUT2D eigenvalue weighted by Crippen LogP contribution is 2.23. The molecule has 2 unspecified atom stereocenters. The van der Waals surface area contributed by atoms with Crippen molar-refractivity contribution in [2.24, 2.45) is 5.73 Å². The summed E-state index contributed by atoms with van der Waals surface area (Å²) in [4.78, 5) is 0. The van der Waals surface area contributed by atoms with Crippen molar-refractivity contribution in [2.45, 2.75) is 32.4 Å². The molecule has 0 aromatic carbocycles. The summed E-state index contributed by atoms with van der Waals surface area (Å²) in [6.07, 6.45) is -1.02. The summed E-state index contributed by atoms with van der Waals surface area (Å²) < 4.78 is 23.3. The highest BCUT2D eigenvalue weighted by Gasteiger charge is 2.23. The van der Waals surface area contributed by atoms with E-state index in [0.29, 0.717) is 5.57 Å². The Morgan fingerprint density at radius 3 is 2.60 bits per heavy atom. The zero-order chi connectivity index (χ0) is 11.9. The molecule has 0 saturated carbocycles. The van der Waals surface area contributed by atoms with Crippen molar-refractivity contribution >= 4 is 0 Å². The highest BCUT2D eigenvalue weighted by molar-refractivity contribution is 5.06. The van der Waals surface area contributed by atoms with Gasteiger partial charge in [0.15, 0.2) is 0 Å². The van der Waals surface area contributed by atoms with Gasteiger partial charge in [0.1, 0.15) is 5.67 Å². The predicted octanol–water partition coefficient (Wildman–Crippen LogP) is 0.949. The van der Waals surface area contributed by atoms with Crippen molar-refractivity contribution in [3.63, 3.8) is 0 Å². The van der Waals surface area contributed by atoms with E-state index in [4.69, 9.17) is 15.6 Å². The van der Waals surface area contributed by atoms with E-state index in [1.165, 1.54) is 6.92 Å². The topological polar surface area (TPSA) is 64.7 Å². The molecule has 5 heteroatoms. The molecule has 0 amide bonds. The fourth-order valence-electron chi connectivity index (χ4n) is 0.807. The second kappa shape index (κ2) is 6.90. The molecule has 0 aromatic rings. The molecule has 4 nitrogen and oxygen atoms in total. The van der Waals surface area contributed by atoms with Crippen molar-refractivity contribution in [1.82, 2.24) is 0 Å². The first-order valence-electron chi connectivity index (χ1n) is 4.84. The van der Waals surface area contributed by atoms with Gasteiger partial charge in [0, 0.05) is 6.42 Å². The van der Waals surface area contributed by atoms with Crippen LogP contribution >= 0.6 is 0 Å². The third kappa shape index (κ3) is 7.44. The van der Waals surface area contributed by atoms with Gasteiger partial charge in [0.2, 0.25) is 6.41 Å². The maximum absolute atomic E-state index is 13.6. The zero-order valence-electron chi connectivity index (χ0n) is 9.33. The fraction of sp³-hybridized carbons (Fsp3) is 0.800. The Labute approximate surface area is 89.9 Å². The number of hydrogen-bond donors (Lipinski definition) is 2. The Kier molecular flexibility index (Phi) is 6.67. The standard InChI is InChI=1S/C10H20FNO3/c1-8(2)10(3,11)4-5-14-6-7-15-9(12)13/h9,13H,1,4-7,12H2,2-3H3. The van der Waals surface area contributed by atoms with Gasteiger partial charge in [-0.25, -0.2) is 4.39 Å². The summed E-state index contributed by atoms with van der Waals surface area (Å²) in [6, 6.07) is 0. The summed E-state index contributed by atoms with van der Waals surface area (Å²) >= 11 is 0. The number of ether oxygens (including phenoxy) is 2. The Morgan fingerprint density at radius 2 is 2.13 bits per heavy atom. The number of hydrogen-bond acceptors (Lipinski definition) is 4. The van der Waals surface area contributed by atoms with Crippen LogP contribution in [0.1, 0.15) is 20.3 Å². The first-order chi connectivity index (χ1) is 6.86. The highest BCUT2D eigenvalue weighted by atomic mass is 19.1. The van der Waals surface area contributed by atoms with Gasteiger partial charge in [-0.2, -0.15) is 0 Å². The van der Waals surface area contributed by atoms with Crippen LogP contribution in [0.5, 0.6) is 0 Å². The minimum absolute atomic E-state index is 0.188. The predicted molar refractivity (Wildman–Crippen MR) is 55.9 cm³/mol. The summed E-state index contributed by atoms with van der Waals surface area (Å²) in [7, 11) is 0. The lowest BCUT2D eigenvalue weighted by Gasteiger charge is -2.20. The SMILES string of the molecule is C=C(C)C(C)(F)CCOCCOC(N)O. The van der Waals surface area contributed by atoms with Crippen LogP contribution in [0.15, 0.2) is 12.2 Å². The number of rotatable bonds is 8. The summed E-state index contributed by atoms with van der Waals surface area (Å²) in [6.45, 7) is 7.43. The lowest BCUT2D eigenvalue weighted by atomic mass is 9.97. The van der Waals surface area contributed by atoms with Gasteiger partial charge in [0.05, 0.1) is 19.8 Å². The van der Waals surface area contributed by atoms with Gasteiger partial charge in [-0.3, -0.25) is 5.73 Å². The van der Waals surface area contributed by atoms with E-state index in [-0.39, 0.29) is 26.2 Å². The van der Waals surface area contributed by atoms with Crippen molar-refractivity contribution in [3.05, 3.63) is 12.2 Å². The molecule has 0 bridgehead atoms. The summed E-state index contributed by atoms with van der Waals surface area (Å²) in [5.41, 5.74) is 4.01. The third-order valence-electron chi connectivity index (χ3n) is 2.12. The maximum Gasteiger partial charge on any atom is 0.210 e. The number of alkyl halides is 1. The summed E-state index contributed by atoms with van der Waals surface area (Å²) in [5.74, 6) is 0. The quantitative estimate of drug-likeness (QED) is 0.364. The molecular weight excluding hydrogens is 201 g/mol. The Bertz CT molecular complexity index is 195. The molecule has 3 N–H and O–H groups in total. The fourth-order valence-corrected chi connectivity index (χ4v) is 0.807. The van der Waals surface area contributed by atoms with Gasteiger partial charge >= 0.3 is 0 Å². The number of allylic oxidation sites excluding steroid dienone is 1. The van der Waals surface area contributed by atoms with Gasteiger partial charge in [-0.05, 0) is 19.4 Å². The molecule has 0 fully saturated rings. The van der Waals surface area contributed by atoms with Crippen LogP contribution in [0.25, 0.3) is 0 Å². The van der Waals surface area contributed by atoms with Gasteiger partial charge in [-0.15, -0.1) is 0 Å². The zero-order valence-corrected chi connectivity index (χ0v) is 9.33. The third-order valence-corrected chi connectivity index (χ3v) is 2.12. The molecule has 0 rings (SSSR count). The molecule has 0 aliphatic carbocycles. The average Bonchev–Trinajstić information content (AvgIpc) is 2.10. The normalized spacial score (nSPS) is 17.1. The van der Waals surface area contributed by atoms with Crippen LogP contribution in [0.4, 0.5) is 4.39 Å². The second-order valence-electron chi connectivity index (χ2n) is 3.60. The van der Waals surface area contributed by atoms with E-state index in [9.17, 15) is 4.39 Å². The van der Waals surface area contributed by atoms with Crippen molar-refractivity contribution in [3.8, 4) is 0 Å². The molecule has 0 heterocycles. The minimum Gasteiger partial charge on any atom is -0.379 e. The van der Waals surface area contributed by atoms with Crippen LogP contribution < -0.4 is 5.73 Å². The van der Waals surface area contributed by atoms with Crippen LogP contribution in [-0.4, -0.2) is 37.0 Å². The molecule has 0 aromatic heterocycles. The molecule has 2 atom stereocenters. The molecule has 0 radical (unpaired) electrons. The number of aliphatic hydroxyl groups is 1. The summed E-state index contributed by atoms with van der Waals surface area (Å²) in [5, 5.41) is 8.54. The lowest BCUT2D eigenvalue weighted by molar-refractivity contribution is -0.108. The molecule has 15 heavy (non-hydrogen) atoms. The molecule has 0 aliphatic rings. The van der Waals surface area contributed by atoms with E-state index in [1.54, 1.807) is 6.92 Å². The van der Waals surface area contributed by atoms with Gasteiger partial charge in [-0.1, -0.05) is 6.58 Å². The molecule has 0 spiro atoms. The molecule has 0 saturated heterocycles. The monoisotopic (exact) mass is 221 g/mol. The van der Waals surface area contributed by atoms with Crippen molar-refractivity contribution < 1.29 is 19.0 Å². The van der Waals surface area contributed by atoms with Crippen LogP contribution in [0.3, 0.4) is 0 Å².